The normalized spacial score (nSPS) is 18.0. The highest BCUT2D eigenvalue weighted by Gasteiger charge is 2.24. The van der Waals surface area contributed by atoms with Crippen molar-refractivity contribution in [2.45, 2.75) is 103 Å². The van der Waals surface area contributed by atoms with Crippen LogP contribution in [0.25, 0.3) is 11.1 Å². The molecule has 194 valence electrons. The summed E-state index contributed by atoms with van der Waals surface area (Å²) in [4.78, 5) is 0. The van der Waals surface area contributed by atoms with Crippen molar-refractivity contribution >= 4 is 11.6 Å². The van der Waals surface area contributed by atoms with Gasteiger partial charge in [-0.3, -0.25) is 0 Å². The lowest BCUT2D eigenvalue weighted by Gasteiger charge is -2.30. The molecule has 0 aliphatic carbocycles. The van der Waals surface area contributed by atoms with Gasteiger partial charge in [-0.2, -0.15) is 0 Å². The zero-order valence-electron chi connectivity index (χ0n) is 21.9. The molecule has 1 heterocycles. The van der Waals surface area contributed by atoms with E-state index in [9.17, 15) is 0 Å². The first kappa shape index (κ1) is 28.0. The second-order valence-electron chi connectivity index (χ2n) is 9.78. The Bertz CT molecular complexity index is 836. The highest BCUT2D eigenvalue weighted by molar-refractivity contribution is 6.33. The molecule has 3 rings (SSSR count). The highest BCUT2D eigenvalue weighted by atomic mass is 35.5. The standard InChI is InChI=1S/C31H45ClO3/c1-3-5-6-7-8-9-10-11-12-22-33-24-28-14-13-15-31(35-28)26-18-21-30(32)29(23-26)25-16-19-27(20-17-25)34-4-2/h16-21,23,28,31H,3-15,22,24H2,1-2H3/t28-,31+/m1/s1. The number of hydrogen-bond acceptors (Lipinski definition) is 3. The van der Waals surface area contributed by atoms with Gasteiger partial charge in [-0.05, 0) is 68.0 Å². The Morgan fingerprint density at radius 3 is 2.29 bits per heavy atom. The molecule has 0 spiro atoms. The van der Waals surface area contributed by atoms with Crippen LogP contribution in [-0.4, -0.2) is 25.9 Å². The van der Waals surface area contributed by atoms with Crippen LogP contribution in [0.3, 0.4) is 0 Å². The fourth-order valence-corrected chi connectivity index (χ4v) is 5.09. The van der Waals surface area contributed by atoms with Gasteiger partial charge < -0.3 is 14.2 Å². The van der Waals surface area contributed by atoms with Crippen LogP contribution in [-0.2, 0) is 9.47 Å². The fraction of sp³-hybridized carbons (Fsp3) is 0.613. The molecule has 2 aromatic rings. The second kappa shape index (κ2) is 16.2. The zero-order valence-corrected chi connectivity index (χ0v) is 22.7. The zero-order chi connectivity index (χ0) is 24.7. The predicted molar refractivity (Wildman–Crippen MR) is 148 cm³/mol. The van der Waals surface area contributed by atoms with Gasteiger partial charge in [0.05, 0.1) is 25.4 Å². The van der Waals surface area contributed by atoms with E-state index >= 15 is 0 Å². The maximum atomic E-state index is 6.57. The van der Waals surface area contributed by atoms with Crippen molar-refractivity contribution in [1.29, 1.82) is 0 Å². The maximum absolute atomic E-state index is 6.57. The summed E-state index contributed by atoms with van der Waals surface area (Å²) in [6.07, 6.45) is 15.6. The minimum absolute atomic E-state index is 0.101. The van der Waals surface area contributed by atoms with Gasteiger partial charge in [0.2, 0.25) is 0 Å². The number of unbranched alkanes of at least 4 members (excludes halogenated alkanes) is 8. The molecule has 0 bridgehead atoms. The lowest BCUT2D eigenvalue weighted by atomic mass is 9.95. The quantitative estimate of drug-likeness (QED) is 0.215. The summed E-state index contributed by atoms with van der Waals surface area (Å²) < 4.78 is 18.0. The lowest BCUT2D eigenvalue weighted by molar-refractivity contribution is -0.0881. The van der Waals surface area contributed by atoms with E-state index in [4.69, 9.17) is 25.8 Å². The molecule has 0 unspecified atom stereocenters. The van der Waals surface area contributed by atoms with Crippen LogP contribution in [0.4, 0.5) is 0 Å². The van der Waals surface area contributed by atoms with Crippen molar-refractivity contribution in [2.75, 3.05) is 19.8 Å². The van der Waals surface area contributed by atoms with E-state index in [1.165, 1.54) is 56.9 Å². The molecule has 0 saturated carbocycles. The van der Waals surface area contributed by atoms with Crippen LogP contribution in [0.1, 0.15) is 103 Å². The molecule has 35 heavy (non-hydrogen) atoms. The third-order valence-corrected chi connectivity index (χ3v) is 7.21. The molecule has 2 atom stereocenters. The Morgan fingerprint density at radius 1 is 0.857 bits per heavy atom. The molecule has 1 saturated heterocycles. The summed E-state index contributed by atoms with van der Waals surface area (Å²) in [7, 11) is 0. The third kappa shape index (κ3) is 9.79. The van der Waals surface area contributed by atoms with Crippen molar-refractivity contribution in [3.63, 3.8) is 0 Å². The number of ether oxygens (including phenoxy) is 3. The molecular formula is C31H45ClO3. The smallest absolute Gasteiger partial charge is 0.119 e. The van der Waals surface area contributed by atoms with Crippen LogP contribution in [0.2, 0.25) is 5.02 Å². The number of rotatable bonds is 16. The predicted octanol–water partition coefficient (Wildman–Crippen LogP) is 9.56. The first-order chi connectivity index (χ1) is 17.2. The van der Waals surface area contributed by atoms with Gasteiger partial charge in [0, 0.05) is 17.2 Å². The average Bonchev–Trinajstić information content (AvgIpc) is 2.88. The number of benzene rings is 2. The van der Waals surface area contributed by atoms with Gasteiger partial charge in [-0.25, -0.2) is 0 Å². The highest BCUT2D eigenvalue weighted by Crippen LogP contribution is 2.36. The minimum Gasteiger partial charge on any atom is -0.494 e. The third-order valence-electron chi connectivity index (χ3n) is 6.88. The Hall–Kier alpha value is -1.55. The first-order valence-corrected chi connectivity index (χ1v) is 14.3. The van der Waals surface area contributed by atoms with E-state index in [1.54, 1.807) is 0 Å². The monoisotopic (exact) mass is 500 g/mol. The second-order valence-corrected chi connectivity index (χ2v) is 10.2. The Balaban J connectivity index is 1.41. The van der Waals surface area contributed by atoms with Crippen LogP contribution in [0, 0.1) is 0 Å². The lowest BCUT2D eigenvalue weighted by Crippen LogP contribution is -2.27. The molecule has 3 nitrogen and oxygen atoms in total. The van der Waals surface area contributed by atoms with Gasteiger partial charge in [0.1, 0.15) is 5.75 Å². The fourth-order valence-electron chi connectivity index (χ4n) is 4.86. The summed E-state index contributed by atoms with van der Waals surface area (Å²) >= 11 is 6.57. The van der Waals surface area contributed by atoms with E-state index in [-0.39, 0.29) is 12.2 Å². The van der Waals surface area contributed by atoms with Crippen molar-refractivity contribution in [1.82, 2.24) is 0 Å². The molecule has 1 aliphatic heterocycles. The van der Waals surface area contributed by atoms with Crippen molar-refractivity contribution in [3.8, 4) is 16.9 Å². The van der Waals surface area contributed by atoms with Gasteiger partial charge in [-0.1, -0.05) is 88.1 Å². The molecule has 0 radical (unpaired) electrons. The number of hydrogen-bond donors (Lipinski definition) is 0. The number of halogens is 1. The molecule has 1 fully saturated rings. The Morgan fingerprint density at radius 2 is 1.57 bits per heavy atom. The average molecular weight is 501 g/mol. The summed E-state index contributed by atoms with van der Waals surface area (Å²) in [5.41, 5.74) is 3.33. The first-order valence-electron chi connectivity index (χ1n) is 14.0. The molecule has 0 N–H and O–H groups in total. The van der Waals surface area contributed by atoms with Crippen LogP contribution in [0.15, 0.2) is 42.5 Å². The SMILES string of the molecule is CCCCCCCCCCCOC[C@H]1CCC[C@@H](c2ccc(Cl)c(-c3ccc(OCC)cc3)c2)O1. The van der Waals surface area contributed by atoms with Crippen LogP contribution in [0.5, 0.6) is 5.75 Å². The van der Waals surface area contributed by atoms with E-state index < -0.39 is 0 Å². The summed E-state index contributed by atoms with van der Waals surface area (Å²) in [6.45, 7) is 6.49. The molecular weight excluding hydrogens is 456 g/mol. The Kier molecular flexibility index (Phi) is 13.0. The van der Waals surface area contributed by atoms with Gasteiger partial charge in [0.15, 0.2) is 0 Å². The summed E-state index contributed by atoms with van der Waals surface area (Å²) in [5, 5.41) is 0.759. The molecule has 2 aromatic carbocycles. The molecule has 1 aliphatic rings. The van der Waals surface area contributed by atoms with Crippen molar-refractivity contribution in [3.05, 3.63) is 53.1 Å². The van der Waals surface area contributed by atoms with E-state index in [0.29, 0.717) is 13.2 Å². The summed E-state index contributed by atoms with van der Waals surface area (Å²) in [5.74, 6) is 0.879. The summed E-state index contributed by atoms with van der Waals surface area (Å²) in [6, 6.07) is 14.4. The largest absolute Gasteiger partial charge is 0.494 e. The van der Waals surface area contributed by atoms with E-state index in [2.05, 4.69) is 31.2 Å². The molecule has 4 heteroatoms. The van der Waals surface area contributed by atoms with Crippen molar-refractivity contribution in [2.24, 2.45) is 0 Å². The van der Waals surface area contributed by atoms with Crippen molar-refractivity contribution < 1.29 is 14.2 Å². The molecule has 0 aromatic heterocycles. The minimum atomic E-state index is 0.101. The van der Waals surface area contributed by atoms with Gasteiger partial charge in [-0.15, -0.1) is 0 Å². The maximum Gasteiger partial charge on any atom is 0.119 e. The van der Waals surface area contributed by atoms with Crippen LogP contribution >= 0.6 is 11.6 Å². The van der Waals surface area contributed by atoms with E-state index in [0.717, 1.165) is 54.2 Å². The van der Waals surface area contributed by atoms with Gasteiger partial charge >= 0.3 is 0 Å². The van der Waals surface area contributed by atoms with Crippen LogP contribution < -0.4 is 4.74 Å². The van der Waals surface area contributed by atoms with Gasteiger partial charge in [0.25, 0.3) is 0 Å². The topological polar surface area (TPSA) is 27.7 Å². The van der Waals surface area contributed by atoms with E-state index in [1.807, 2.05) is 25.1 Å². The molecule has 0 amide bonds. The Labute approximate surface area is 218 Å².